The van der Waals surface area contributed by atoms with Gasteiger partial charge in [-0.05, 0) is 18.2 Å². The van der Waals surface area contributed by atoms with Crippen LogP contribution < -0.4 is 14.9 Å². The van der Waals surface area contributed by atoms with Crippen LogP contribution in [0.2, 0.25) is 0 Å². The van der Waals surface area contributed by atoms with Gasteiger partial charge in [-0.1, -0.05) is 0 Å². The predicted octanol–water partition coefficient (Wildman–Crippen LogP) is 0.854. The molecule has 0 spiro atoms. The van der Waals surface area contributed by atoms with Gasteiger partial charge in [-0.25, -0.2) is 4.79 Å². The standard InChI is InChI=1S/C12H14N2O4/c1-17-10-4-3-7(5-11(10)18-2)8-6-9(12(15)16)14-13-8/h3-5,9,14H,6H2,1-2H3,(H,15,16)/t9-/m1/s1. The Hall–Kier alpha value is -2.24. The number of nitrogens with one attached hydrogen (secondary N) is 1. The molecule has 96 valence electrons. The van der Waals surface area contributed by atoms with E-state index in [1.807, 2.05) is 6.07 Å². The van der Waals surface area contributed by atoms with Gasteiger partial charge in [0.1, 0.15) is 6.04 Å². The minimum Gasteiger partial charge on any atom is -0.493 e. The molecule has 1 aliphatic heterocycles. The number of methoxy groups -OCH3 is 2. The maximum Gasteiger partial charge on any atom is 0.328 e. The van der Waals surface area contributed by atoms with E-state index in [0.29, 0.717) is 23.6 Å². The van der Waals surface area contributed by atoms with E-state index < -0.39 is 12.0 Å². The van der Waals surface area contributed by atoms with Gasteiger partial charge >= 0.3 is 5.97 Å². The zero-order valence-corrected chi connectivity index (χ0v) is 10.1. The molecule has 0 saturated carbocycles. The lowest BCUT2D eigenvalue weighted by molar-refractivity contribution is -0.139. The van der Waals surface area contributed by atoms with Gasteiger partial charge in [0.15, 0.2) is 11.5 Å². The Balaban J connectivity index is 2.23. The van der Waals surface area contributed by atoms with E-state index >= 15 is 0 Å². The van der Waals surface area contributed by atoms with Crippen LogP contribution in [0.5, 0.6) is 11.5 Å². The van der Waals surface area contributed by atoms with Gasteiger partial charge in [-0.2, -0.15) is 5.10 Å². The van der Waals surface area contributed by atoms with Crippen molar-refractivity contribution < 1.29 is 19.4 Å². The molecule has 1 aliphatic rings. The van der Waals surface area contributed by atoms with E-state index in [1.54, 1.807) is 26.4 Å². The van der Waals surface area contributed by atoms with Crippen molar-refractivity contribution in [1.29, 1.82) is 0 Å². The highest BCUT2D eigenvalue weighted by Crippen LogP contribution is 2.28. The highest BCUT2D eigenvalue weighted by molar-refractivity contribution is 6.04. The largest absolute Gasteiger partial charge is 0.493 e. The highest BCUT2D eigenvalue weighted by atomic mass is 16.5. The monoisotopic (exact) mass is 250 g/mol. The molecular formula is C12H14N2O4. The van der Waals surface area contributed by atoms with Crippen molar-refractivity contribution in [2.45, 2.75) is 12.5 Å². The summed E-state index contributed by atoms with van der Waals surface area (Å²) in [5.41, 5.74) is 4.11. The maximum atomic E-state index is 10.8. The number of hydrogen-bond acceptors (Lipinski definition) is 5. The lowest BCUT2D eigenvalue weighted by atomic mass is 10.0. The van der Waals surface area contributed by atoms with Crippen molar-refractivity contribution in [3.63, 3.8) is 0 Å². The molecule has 1 atom stereocenters. The van der Waals surface area contributed by atoms with E-state index in [4.69, 9.17) is 14.6 Å². The average molecular weight is 250 g/mol. The van der Waals surface area contributed by atoms with Crippen LogP contribution in [0.1, 0.15) is 12.0 Å². The first-order chi connectivity index (χ1) is 8.65. The SMILES string of the molecule is COc1ccc(C2=NN[C@@H](C(=O)O)C2)cc1OC. The highest BCUT2D eigenvalue weighted by Gasteiger charge is 2.25. The molecule has 0 unspecified atom stereocenters. The third kappa shape index (κ3) is 2.22. The molecule has 2 rings (SSSR count). The van der Waals surface area contributed by atoms with Crippen LogP contribution >= 0.6 is 0 Å². The summed E-state index contributed by atoms with van der Waals surface area (Å²) in [6.45, 7) is 0. The fourth-order valence-electron chi connectivity index (χ4n) is 1.78. The summed E-state index contributed by atoms with van der Waals surface area (Å²) in [4.78, 5) is 10.8. The Morgan fingerprint density at radius 3 is 2.67 bits per heavy atom. The van der Waals surface area contributed by atoms with Crippen LogP contribution in [0.15, 0.2) is 23.3 Å². The van der Waals surface area contributed by atoms with Crippen LogP contribution in [0.3, 0.4) is 0 Å². The van der Waals surface area contributed by atoms with E-state index in [1.165, 1.54) is 0 Å². The van der Waals surface area contributed by atoms with Crippen LogP contribution in [0.25, 0.3) is 0 Å². The number of aliphatic carboxylic acids is 1. The van der Waals surface area contributed by atoms with Crippen molar-refractivity contribution in [1.82, 2.24) is 5.43 Å². The number of hydrazone groups is 1. The number of carboxylic acids is 1. The van der Waals surface area contributed by atoms with Gasteiger partial charge < -0.3 is 14.6 Å². The second-order valence-corrected chi connectivity index (χ2v) is 3.85. The van der Waals surface area contributed by atoms with E-state index in [9.17, 15) is 4.79 Å². The van der Waals surface area contributed by atoms with Crippen LogP contribution in [-0.4, -0.2) is 37.0 Å². The van der Waals surface area contributed by atoms with E-state index in [-0.39, 0.29) is 0 Å². The molecule has 6 heteroatoms. The topological polar surface area (TPSA) is 80.2 Å². The number of hydrogen-bond donors (Lipinski definition) is 2. The molecule has 0 radical (unpaired) electrons. The number of carboxylic acid groups (broad SMARTS) is 1. The molecule has 1 aromatic rings. The van der Waals surface area contributed by atoms with Gasteiger partial charge in [0.25, 0.3) is 0 Å². The smallest absolute Gasteiger partial charge is 0.328 e. The molecule has 0 aromatic heterocycles. The number of ether oxygens (including phenoxy) is 2. The Bertz CT molecular complexity index is 499. The lowest BCUT2D eigenvalue weighted by Crippen LogP contribution is -2.29. The third-order valence-electron chi connectivity index (χ3n) is 2.77. The first-order valence-electron chi connectivity index (χ1n) is 5.43. The zero-order chi connectivity index (χ0) is 13.1. The molecular weight excluding hydrogens is 236 g/mol. The summed E-state index contributed by atoms with van der Waals surface area (Å²) in [5, 5.41) is 12.9. The van der Waals surface area contributed by atoms with Gasteiger partial charge in [0, 0.05) is 12.0 Å². The van der Waals surface area contributed by atoms with Gasteiger partial charge in [0.2, 0.25) is 0 Å². The van der Waals surface area contributed by atoms with Gasteiger partial charge in [-0.3, -0.25) is 5.43 Å². The van der Waals surface area contributed by atoms with E-state index in [2.05, 4.69) is 10.5 Å². The molecule has 1 aromatic carbocycles. The number of nitrogens with zero attached hydrogens (tertiary/aromatic N) is 1. The Kier molecular flexibility index (Phi) is 3.36. The van der Waals surface area contributed by atoms with Crippen molar-refractivity contribution >= 4 is 11.7 Å². The molecule has 0 aliphatic carbocycles. The molecule has 1 heterocycles. The summed E-state index contributed by atoms with van der Waals surface area (Å²) in [5.74, 6) is 0.313. The summed E-state index contributed by atoms with van der Waals surface area (Å²) in [7, 11) is 3.11. The minimum atomic E-state index is -0.908. The second-order valence-electron chi connectivity index (χ2n) is 3.85. The first kappa shape index (κ1) is 12.2. The van der Waals surface area contributed by atoms with E-state index in [0.717, 1.165) is 5.56 Å². The van der Waals surface area contributed by atoms with Crippen molar-refractivity contribution in [3.8, 4) is 11.5 Å². The normalized spacial score (nSPS) is 17.9. The van der Waals surface area contributed by atoms with Crippen molar-refractivity contribution in [2.75, 3.05) is 14.2 Å². The lowest BCUT2D eigenvalue weighted by Gasteiger charge is -2.09. The van der Waals surface area contributed by atoms with Gasteiger partial charge in [-0.15, -0.1) is 0 Å². The third-order valence-corrected chi connectivity index (χ3v) is 2.77. The summed E-state index contributed by atoms with van der Waals surface area (Å²) in [6.07, 6.45) is 0.352. The summed E-state index contributed by atoms with van der Waals surface area (Å²) >= 11 is 0. The fourth-order valence-corrected chi connectivity index (χ4v) is 1.78. The predicted molar refractivity (Wildman–Crippen MR) is 65.3 cm³/mol. The van der Waals surface area contributed by atoms with Crippen LogP contribution in [-0.2, 0) is 4.79 Å². The molecule has 0 amide bonds. The van der Waals surface area contributed by atoms with Crippen LogP contribution in [0, 0.1) is 0 Å². The minimum absolute atomic E-state index is 0.352. The average Bonchev–Trinajstić information content (AvgIpc) is 2.87. The molecule has 18 heavy (non-hydrogen) atoms. The maximum absolute atomic E-state index is 10.8. The Labute approximate surface area is 104 Å². The second kappa shape index (κ2) is 4.95. The Morgan fingerprint density at radius 1 is 1.39 bits per heavy atom. The number of benzene rings is 1. The van der Waals surface area contributed by atoms with Gasteiger partial charge in [0.05, 0.1) is 19.9 Å². The van der Waals surface area contributed by atoms with Crippen LogP contribution in [0.4, 0.5) is 0 Å². The molecule has 2 N–H and O–H groups in total. The number of carbonyl (C=O) groups is 1. The fraction of sp³-hybridized carbons (Fsp3) is 0.333. The van der Waals surface area contributed by atoms with Crippen molar-refractivity contribution in [2.24, 2.45) is 5.10 Å². The summed E-state index contributed by atoms with van der Waals surface area (Å²) < 4.78 is 10.3. The molecule has 0 bridgehead atoms. The molecule has 0 fully saturated rings. The zero-order valence-electron chi connectivity index (χ0n) is 10.1. The Morgan fingerprint density at radius 2 is 2.11 bits per heavy atom. The first-order valence-corrected chi connectivity index (χ1v) is 5.43. The molecule has 0 saturated heterocycles. The summed E-state index contributed by atoms with van der Waals surface area (Å²) in [6, 6.07) is 4.72. The van der Waals surface area contributed by atoms with Crippen molar-refractivity contribution in [3.05, 3.63) is 23.8 Å². The quantitative estimate of drug-likeness (QED) is 0.828. The molecule has 6 nitrogen and oxygen atoms in total. The number of rotatable bonds is 4.